The summed E-state index contributed by atoms with van der Waals surface area (Å²) in [6.45, 7) is 1.88. The fraction of sp³-hybridized carbons (Fsp3) is 0.200. The Morgan fingerprint density at radius 1 is 1.04 bits per heavy atom. The van der Waals surface area contributed by atoms with Gasteiger partial charge in [0, 0.05) is 5.02 Å². The molecule has 25 heavy (non-hydrogen) atoms. The SMILES string of the molecule is Cc1ccc(NS(=O)(=O)c2ccc3cccc4c3c2CCC4)cc1Cl. The summed E-state index contributed by atoms with van der Waals surface area (Å²) in [6.07, 6.45) is 2.74. The summed E-state index contributed by atoms with van der Waals surface area (Å²) < 4.78 is 28.7. The van der Waals surface area contributed by atoms with E-state index in [-0.39, 0.29) is 0 Å². The Bertz CT molecular complexity index is 1090. The van der Waals surface area contributed by atoms with Crippen LogP contribution in [-0.4, -0.2) is 8.42 Å². The highest BCUT2D eigenvalue weighted by Gasteiger charge is 2.23. The van der Waals surface area contributed by atoms with Gasteiger partial charge in [-0.3, -0.25) is 4.72 Å². The third-order valence-electron chi connectivity index (χ3n) is 4.78. The lowest BCUT2D eigenvalue weighted by Gasteiger charge is -2.21. The summed E-state index contributed by atoms with van der Waals surface area (Å²) in [6, 6.07) is 15.0. The zero-order chi connectivity index (χ0) is 17.6. The molecule has 0 saturated heterocycles. The van der Waals surface area contributed by atoms with Crippen LogP contribution in [-0.2, 0) is 22.9 Å². The van der Waals surface area contributed by atoms with E-state index in [0.717, 1.165) is 41.2 Å². The predicted octanol–water partition coefficient (Wildman–Crippen LogP) is 5.09. The molecule has 1 N–H and O–H groups in total. The number of rotatable bonds is 3. The lowest BCUT2D eigenvalue weighted by Crippen LogP contribution is -2.17. The maximum absolute atomic E-state index is 13.0. The molecule has 4 rings (SSSR count). The van der Waals surface area contributed by atoms with E-state index in [4.69, 9.17) is 11.6 Å². The second-order valence-corrected chi connectivity index (χ2v) is 8.54. The molecular formula is C20H18ClNO2S. The highest BCUT2D eigenvalue weighted by Crippen LogP contribution is 2.34. The van der Waals surface area contributed by atoms with Gasteiger partial charge in [0.25, 0.3) is 10.0 Å². The van der Waals surface area contributed by atoms with Crippen LogP contribution in [0.5, 0.6) is 0 Å². The highest BCUT2D eigenvalue weighted by atomic mass is 35.5. The number of sulfonamides is 1. The van der Waals surface area contributed by atoms with Gasteiger partial charge in [-0.05, 0) is 71.8 Å². The molecule has 3 aromatic carbocycles. The first kappa shape index (κ1) is 16.4. The standard InChI is InChI=1S/C20H18ClNO2S/c1-13-8-10-16(12-18(13)21)22-25(23,24)19-11-9-15-5-2-4-14-6-3-7-17(19)20(14)15/h2,4-5,8-12,22H,3,6-7H2,1H3. The predicted molar refractivity (Wildman–Crippen MR) is 103 cm³/mol. The van der Waals surface area contributed by atoms with Crippen LogP contribution >= 0.6 is 11.6 Å². The summed E-state index contributed by atoms with van der Waals surface area (Å²) in [5.41, 5.74) is 3.54. The van der Waals surface area contributed by atoms with E-state index in [9.17, 15) is 8.42 Å². The molecule has 0 fully saturated rings. The molecule has 0 atom stereocenters. The Hall–Kier alpha value is -2.04. The molecule has 0 bridgehead atoms. The Balaban J connectivity index is 1.83. The topological polar surface area (TPSA) is 46.2 Å². The lowest BCUT2D eigenvalue weighted by atomic mass is 9.89. The first-order valence-electron chi connectivity index (χ1n) is 8.28. The second-order valence-electron chi connectivity index (χ2n) is 6.48. The fourth-order valence-corrected chi connectivity index (χ4v) is 5.05. The van der Waals surface area contributed by atoms with Crippen LogP contribution in [0.25, 0.3) is 10.8 Å². The van der Waals surface area contributed by atoms with Crippen molar-refractivity contribution < 1.29 is 8.42 Å². The van der Waals surface area contributed by atoms with Gasteiger partial charge in [0.1, 0.15) is 0 Å². The number of anilines is 1. The van der Waals surface area contributed by atoms with Crippen molar-refractivity contribution in [3.8, 4) is 0 Å². The van der Waals surface area contributed by atoms with Crippen molar-refractivity contribution in [3.05, 3.63) is 70.2 Å². The minimum atomic E-state index is -3.67. The molecule has 0 saturated carbocycles. The van der Waals surface area contributed by atoms with Crippen molar-refractivity contribution in [2.75, 3.05) is 4.72 Å². The van der Waals surface area contributed by atoms with Crippen LogP contribution in [0.15, 0.2) is 53.4 Å². The second kappa shape index (κ2) is 6.04. The van der Waals surface area contributed by atoms with E-state index in [0.29, 0.717) is 15.6 Å². The molecule has 0 radical (unpaired) electrons. The number of aryl methyl sites for hydroxylation is 3. The van der Waals surface area contributed by atoms with Crippen LogP contribution in [0.4, 0.5) is 5.69 Å². The Kier molecular flexibility index (Phi) is 3.97. The van der Waals surface area contributed by atoms with Crippen molar-refractivity contribution in [3.63, 3.8) is 0 Å². The summed E-state index contributed by atoms with van der Waals surface area (Å²) in [5, 5.41) is 2.74. The van der Waals surface area contributed by atoms with E-state index >= 15 is 0 Å². The summed E-state index contributed by atoms with van der Waals surface area (Å²) >= 11 is 6.12. The first-order valence-corrected chi connectivity index (χ1v) is 10.1. The van der Waals surface area contributed by atoms with Gasteiger partial charge in [0.15, 0.2) is 0 Å². The lowest BCUT2D eigenvalue weighted by molar-refractivity contribution is 0.599. The Morgan fingerprint density at radius 2 is 1.88 bits per heavy atom. The minimum absolute atomic E-state index is 0.365. The van der Waals surface area contributed by atoms with E-state index in [1.807, 2.05) is 31.2 Å². The van der Waals surface area contributed by atoms with E-state index < -0.39 is 10.0 Å². The van der Waals surface area contributed by atoms with Gasteiger partial charge in [0.05, 0.1) is 10.6 Å². The molecular weight excluding hydrogens is 354 g/mol. The average molecular weight is 372 g/mol. The maximum Gasteiger partial charge on any atom is 0.262 e. The third-order valence-corrected chi connectivity index (χ3v) is 6.66. The molecule has 3 aromatic rings. The highest BCUT2D eigenvalue weighted by molar-refractivity contribution is 7.92. The van der Waals surface area contributed by atoms with Gasteiger partial charge in [-0.1, -0.05) is 41.9 Å². The molecule has 3 nitrogen and oxygen atoms in total. The number of hydrogen-bond donors (Lipinski definition) is 1. The molecule has 5 heteroatoms. The van der Waals surface area contributed by atoms with E-state index in [1.165, 1.54) is 5.56 Å². The van der Waals surface area contributed by atoms with E-state index in [2.05, 4.69) is 10.8 Å². The van der Waals surface area contributed by atoms with Crippen LogP contribution < -0.4 is 4.72 Å². The van der Waals surface area contributed by atoms with Gasteiger partial charge in [-0.25, -0.2) is 8.42 Å². The van der Waals surface area contributed by atoms with Gasteiger partial charge in [-0.2, -0.15) is 0 Å². The number of hydrogen-bond acceptors (Lipinski definition) is 2. The Morgan fingerprint density at radius 3 is 2.68 bits per heavy atom. The smallest absolute Gasteiger partial charge is 0.262 e. The van der Waals surface area contributed by atoms with Crippen molar-refractivity contribution in [1.29, 1.82) is 0 Å². The van der Waals surface area contributed by atoms with Crippen molar-refractivity contribution in [1.82, 2.24) is 0 Å². The minimum Gasteiger partial charge on any atom is -0.280 e. The summed E-state index contributed by atoms with van der Waals surface area (Å²) in [5.74, 6) is 0. The van der Waals surface area contributed by atoms with Crippen LogP contribution in [0, 0.1) is 6.92 Å². The number of benzene rings is 3. The molecule has 1 aliphatic rings. The van der Waals surface area contributed by atoms with Gasteiger partial charge in [0.2, 0.25) is 0 Å². The largest absolute Gasteiger partial charge is 0.280 e. The van der Waals surface area contributed by atoms with Crippen LogP contribution in [0.2, 0.25) is 5.02 Å². The molecule has 0 unspecified atom stereocenters. The maximum atomic E-state index is 13.0. The van der Waals surface area contributed by atoms with Gasteiger partial charge < -0.3 is 0 Å². The monoisotopic (exact) mass is 371 g/mol. The zero-order valence-corrected chi connectivity index (χ0v) is 15.4. The quantitative estimate of drug-likeness (QED) is 0.696. The molecule has 1 aliphatic carbocycles. The third kappa shape index (κ3) is 2.90. The molecule has 0 aromatic heterocycles. The van der Waals surface area contributed by atoms with Gasteiger partial charge in [-0.15, -0.1) is 0 Å². The normalized spacial score (nSPS) is 13.8. The van der Waals surface area contributed by atoms with Crippen LogP contribution in [0.3, 0.4) is 0 Å². The zero-order valence-electron chi connectivity index (χ0n) is 13.8. The van der Waals surface area contributed by atoms with Crippen molar-refractivity contribution in [2.45, 2.75) is 31.1 Å². The molecule has 0 amide bonds. The fourth-order valence-electron chi connectivity index (χ4n) is 3.55. The molecule has 0 spiro atoms. The number of halogens is 1. The summed E-state index contributed by atoms with van der Waals surface area (Å²) in [4.78, 5) is 0.365. The molecule has 0 aliphatic heterocycles. The molecule has 128 valence electrons. The molecule has 0 heterocycles. The van der Waals surface area contributed by atoms with Crippen molar-refractivity contribution in [2.24, 2.45) is 0 Å². The average Bonchev–Trinajstić information content (AvgIpc) is 2.58. The first-order chi connectivity index (χ1) is 12.0. The van der Waals surface area contributed by atoms with Gasteiger partial charge >= 0.3 is 0 Å². The van der Waals surface area contributed by atoms with Crippen molar-refractivity contribution >= 4 is 38.1 Å². The number of nitrogens with one attached hydrogen (secondary N) is 1. The van der Waals surface area contributed by atoms with E-state index in [1.54, 1.807) is 18.2 Å². The summed E-state index contributed by atoms with van der Waals surface area (Å²) in [7, 11) is -3.67. The van der Waals surface area contributed by atoms with Crippen LogP contribution in [0.1, 0.15) is 23.1 Å². The Labute approximate surface area is 152 Å².